The smallest absolute Gasteiger partial charge is 0.323 e. The van der Waals surface area contributed by atoms with E-state index in [1.165, 1.54) is 5.56 Å². The number of carbonyl (C=O) groups is 3. The van der Waals surface area contributed by atoms with Crippen LogP contribution in [-0.2, 0) is 16.0 Å². The summed E-state index contributed by atoms with van der Waals surface area (Å²) in [5.74, 6) is -0.0917. The Balaban J connectivity index is 1.54. The summed E-state index contributed by atoms with van der Waals surface area (Å²) in [5.41, 5.74) is 2.34. The number of hydrogen-bond acceptors (Lipinski definition) is 3. The molecule has 0 radical (unpaired) electrons. The Morgan fingerprint density at radius 1 is 1.24 bits per heavy atom. The number of amides is 4. The summed E-state index contributed by atoms with van der Waals surface area (Å²) >= 11 is 0. The summed E-state index contributed by atoms with van der Waals surface area (Å²) in [6.07, 6.45) is 4.11. The van der Waals surface area contributed by atoms with Crippen molar-refractivity contribution in [3.05, 3.63) is 29.3 Å². The molecule has 0 bridgehead atoms. The molecule has 29 heavy (non-hydrogen) atoms. The second-order valence-corrected chi connectivity index (χ2v) is 10.0. The van der Waals surface area contributed by atoms with Crippen molar-refractivity contribution < 1.29 is 14.4 Å². The van der Waals surface area contributed by atoms with E-state index in [0.29, 0.717) is 25.3 Å². The molecule has 6 heteroatoms. The predicted molar refractivity (Wildman–Crippen MR) is 112 cm³/mol. The monoisotopic (exact) mass is 397 g/mol. The van der Waals surface area contributed by atoms with Gasteiger partial charge in [-0.2, -0.15) is 0 Å². The van der Waals surface area contributed by atoms with E-state index in [2.05, 4.69) is 32.2 Å². The number of nitrogens with zero attached hydrogens (tertiary/aromatic N) is 2. The lowest BCUT2D eigenvalue weighted by Gasteiger charge is -2.43. The second-order valence-electron chi connectivity index (χ2n) is 10.0. The molecule has 3 aliphatic rings. The lowest BCUT2D eigenvalue weighted by atomic mass is 9.64. The molecular formula is C23H31N3O3. The molecule has 1 spiro atoms. The lowest BCUT2D eigenvalue weighted by molar-refractivity contribution is -0.137. The molecule has 1 saturated heterocycles. The highest BCUT2D eigenvalue weighted by molar-refractivity contribution is 6.10. The third-order valence-corrected chi connectivity index (χ3v) is 6.57. The molecule has 0 aromatic heterocycles. The Bertz CT molecular complexity index is 878. The van der Waals surface area contributed by atoms with Gasteiger partial charge < -0.3 is 10.2 Å². The maximum atomic E-state index is 13.3. The van der Waals surface area contributed by atoms with Gasteiger partial charge in [0.25, 0.3) is 5.91 Å². The molecule has 2 fully saturated rings. The van der Waals surface area contributed by atoms with Crippen LogP contribution in [-0.4, -0.2) is 41.4 Å². The highest BCUT2D eigenvalue weighted by Gasteiger charge is 2.56. The highest BCUT2D eigenvalue weighted by atomic mass is 16.2. The average molecular weight is 398 g/mol. The van der Waals surface area contributed by atoms with Gasteiger partial charge in [0.2, 0.25) is 5.91 Å². The normalized spacial score (nSPS) is 28.5. The van der Waals surface area contributed by atoms with E-state index >= 15 is 0 Å². The summed E-state index contributed by atoms with van der Waals surface area (Å²) in [6.45, 7) is 8.87. The van der Waals surface area contributed by atoms with Crippen molar-refractivity contribution >= 4 is 23.5 Å². The van der Waals surface area contributed by atoms with Crippen molar-refractivity contribution in [1.82, 2.24) is 10.2 Å². The van der Waals surface area contributed by atoms with Crippen LogP contribution in [0.2, 0.25) is 0 Å². The molecule has 1 aromatic carbocycles. The zero-order valence-corrected chi connectivity index (χ0v) is 17.9. The van der Waals surface area contributed by atoms with E-state index in [1.54, 1.807) is 4.90 Å². The van der Waals surface area contributed by atoms with Crippen LogP contribution in [0.15, 0.2) is 18.2 Å². The van der Waals surface area contributed by atoms with E-state index in [1.807, 2.05) is 19.1 Å². The van der Waals surface area contributed by atoms with Crippen LogP contribution in [0.4, 0.5) is 10.5 Å². The van der Waals surface area contributed by atoms with E-state index in [-0.39, 0.29) is 23.8 Å². The number of rotatable bonds is 2. The van der Waals surface area contributed by atoms with Crippen LogP contribution >= 0.6 is 0 Å². The molecule has 1 N–H and O–H groups in total. The molecule has 6 nitrogen and oxygen atoms in total. The Labute approximate surface area is 172 Å². The molecule has 2 aliphatic heterocycles. The second kappa shape index (κ2) is 6.85. The fourth-order valence-corrected chi connectivity index (χ4v) is 5.86. The molecule has 156 valence electrons. The first-order valence-corrected chi connectivity index (χ1v) is 10.6. The van der Waals surface area contributed by atoms with Crippen molar-refractivity contribution in [3.8, 4) is 0 Å². The molecule has 4 rings (SSSR count). The fraction of sp³-hybridized carbons (Fsp3) is 0.609. The molecule has 0 unspecified atom stereocenters. The summed E-state index contributed by atoms with van der Waals surface area (Å²) in [6, 6.07) is 5.65. The first-order valence-electron chi connectivity index (χ1n) is 10.6. The van der Waals surface area contributed by atoms with Gasteiger partial charge in [0, 0.05) is 12.2 Å². The molecule has 2 atom stereocenters. The van der Waals surface area contributed by atoms with Gasteiger partial charge in [-0.25, -0.2) is 4.79 Å². The maximum Gasteiger partial charge on any atom is 0.325 e. The van der Waals surface area contributed by atoms with E-state index < -0.39 is 11.6 Å². The number of imide groups is 1. The third-order valence-electron chi connectivity index (χ3n) is 6.57. The third kappa shape index (κ3) is 3.53. The van der Waals surface area contributed by atoms with Gasteiger partial charge in [-0.1, -0.05) is 38.5 Å². The van der Waals surface area contributed by atoms with Gasteiger partial charge >= 0.3 is 6.03 Å². The Morgan fingerprint density at radius 3 is 2.72 bits per heavy atom. The highest BCUT2D eigenvalue weighted by Crippen LogP contribution is 2.46. The van der Waals surface area contributed by atoms with Gasteiger partial charge in [0.1, 0.15) is 12.1 Å². The summed E-state index contributed by atoms with van der Waals surface area (Å²) in [7, 11) is 0. The molecule has 1 aromatic rings. The number of hydrogen-bond donors (Lipinski definition) is 1. The van der Waals surface area contributed by atoms with E-state index in [4.69, 9.17) is 0 Å². The number of nitrogens with one attached hydrogen (secondary N) is 1. The SMILES string of the molecule is Cc1ccc2c(c1)CCCN2C(=O)CN1C(=O)N[C@]2(C[C@@H](C)CC(C)(C)C2)C1=O. The van der Waals surface area contributed by atoms with Crippen LogP contribution < -0.4 is 10.2 Å². The molecule has 2 heterocycles. The summed E-state index contributed by atoms with van der Waals surface area (Å²) in [5, 5.41) is 2.96. The number of urea groups is 1. The minimum atomic E-state index is -0.866. The predicted octanol–water partition coefficient (Wildman–Crippen LogP) is 3.41. The molecular weight excluding hydrogens is 366 g/mol. The van der Waals surface area contributed by atoms with E-state index in [0.717, 1.165) is 35.4 Å². The van der Waals surface area contributed by atoms with Gasteiger partial charge in [-0.3, -0.25) is 14.5 Å². The van der Waals surface area contributed by atoms with Crippen LogP contribution in [0.25, 0.3) is 0 Å². The molecule has 1 aliphatic carbocycles. The van der Waals surface area contributed by atoms with Crippen LogP contribution in [0, 0.1) is 18.3 Å². The Morgan fingerprint density at radius 2 is 2.00 bits per heavy atom. The average Bonchev–Trinajstić information content (AvgIpc) is 2.82. The Kier molecular flexibility index (Phi) is 4.71. The molecule has 1 saturated carbocycles. The number of benzene rings is 1. The van der Waals surface area contributed by atoms with Gasteiger partial charge in [0.05, 0.1) is 0 Å². The van der Waals surface area contributed by atoms with Gasteiger partial charge in [-0.05, 0) is 62.0 Å². The van der Waals surface area contributed by atoms with Gasteiger partial charge in [-0.15, -0.1) is 0 Å². The molecule has 4 amide bonds. The lowest BCUT2D eigenvalue weighted by Crippen LogP contribution is -2.54. The quantitative estimate of drug-likeness (QED) is 0.778. The van der Waals surface area contributed by atoms with Crippen LogP contribution in [0.1, 0.15) is 57.6 Å². The minimum absolute atomic E-state index is 0.0235. The zero-order valence-electron chi connectivity index (χ0n) is 17.9. The summed E-state index contributed by atoms with van der Waals surface area (Å²) < 4.78 is 0. The van der Waals surface area contributed by atoms with Crippen molar-refractivity contribution in [2.24, 2.45) is 11.3 Å². The van der Waals surface area contributed by atoms with Crippen molar-refractivity contribution in [3.63, 3.8) is 0 Å². The van der Waals surface area contributed by atoms with Crippen LogP contribution in [0.5, 0.6) is 0 Å². The van der Waals surface area contributed by atoms with Crippen molar-refractivity contribution in [2.75, 3.05) is 18.0 Å². The first kappa shape index (κ1) is 19.9. The largest absolute Gasteiger partial charge is 0.325 e. The number of carbonyl (C=O) groups excluding carboxylic acids is 3. The number of fused-ring (bicyclic) bond motifs is 1. The van der Waals surface area contributed by atoms with Crippen molar-refractivity contribution in [1.29, 1.82) is 0 Å². The Hall–Kier alpha value is -2.37. The summed E-state index contributed by atoms with van der Waals surface area (Å²) in [4.78, 5) is 42.0. The number of aryl methyl sites for hydroxylation is 2. The standard InChI is InChI=1S/C23H31N3O3/c1-15-7-8-18-17(10-15)6-5-9-25(18)19(27)13-26-20(28)23(24-21(26)29)12-16(2)11-22(3,4)14-23/h7-8,10,16H,5-6,9,11-14H2,1-4H3,(H,24,29)/t16-,23-/m0/s1. The van der Waals surface area contributed by atoms with E-state index in [9.17, 15) is 14.4 Å². The first-order chi connectivity index (χ1) is 13.6. The van der Waals surface area contributed by atoms with Crippen molar-refractivity contribution in [2.45, 2.75) is 65.3 Å². The topological polar surface area (TPSA) is 69.7 Å². The maximum absolute atomic E-state index is 13.3. The van der Waals surface area contributed by atoms with Gasteiger partial charge in [0.15, 0.2) is 0 Å². The zero-order chi connectivity index (χ0) is 21.0. The minimum Gasteiger partial charge on any atom is -0.323 e. The van der Waals surface area contributed by atoms with Crippen LogP contribution in [0.3, 0.4) is 0 Å². The fourth-order valence-electron chi connectivity index (χ4n) is 5.86. The number of anilines is 1.